The van der Waals surface area contributed by atoms with Crippen molar-refractivity contribution >= 4 is 11.9 Å². The number of nitrogens with zero attached hydrogens (tertiary/aromatic N) is 1. The number of aliphatic hydroxyl groups is 3. The van der Waals surface area contributed by atoms with Gasteiger partial charge in [-0.2, -0.15) is 0 Å². The summed E-state index contributed by atoms with van der Waals surface area (Å²) in [4.78, 5) is 25.2. The van der Waals surface area contributed by atoms with Crippen molar-refractivity contribution in [3.05, 3.63) is 12.2 Å². The minimum atomic E-state index is -2.73. The van der Waals surface area contributed by atoms with Crippen LogP contribution in [0.3, 0.4) is 0 Å². The average molecular weight is 410 g/mol. The monoisotopic (exact) mass is 409 g/mol. The van der Waals surface area contributed by atoms with Gasteiger partial charge in [0, 0.05) is 25.8 Å². The fraction of sp³-hybridized carbons (Fsp3) is 0.727. The van der Waals surface area contributed by atoms with E-state index < -0.39 is 12.4 Å². The Kier molecular flexibility index (Phi) is 11.6. The van der Waals surface area contributed by atoms with Crippen LogP contribution in [0, 0.1) is 17.8 Å². The number of likely N-dealkylation sites (tertiary alicyclic amines) is 1. The molecule has 0 radical (unpaired) electrons. The van der Waals surface area contributed by atoms with Gasteiger partial charge in [-0.25, -0.2) is 0 Å². The van der Waals surface area contributed by atoms with E-state index in [4.69, 9.17) is 15.3 Å². The summed E-state index contributed by atoms with van der Waals surface area (Å²) in [6.45, 7) is 2.80. The molecule has 0 aromatic rings. The van der Waals surface area contributed by atoms with Crippen molar-refractivity contribution in [1.82, 2.24) is 4.90 Å². The molecule has 1 saturated heterocycles. The van der Waals surface area contributed by atoms with Gasteiger partial charge in [-0.1, -0.05) is 37.8 Å². The van der Waals surface area contributed by atoms with Crippen molar-refractivity contribution in [3.63, 3.8) is 0 Å². The smallest absolute Gasteiger partial charge is 0.305 e. The largest absolute Gasteiger partial charge is 0.469 e. The second-order valence-corrected chi connectivity index (χ2v) is 7.71. The van der Waals surface area contributed by atoms with Gasteiger partial charge in [0.15, 0.2) is 0 Å². The Balaban J connectivity index is 2.29. The zero-order chi connectivity index (χ0) is 21.7. The van der Waals surface area contributed by atoms with Crippen molar-refractivity contribution in [1.29, 1.82) is 0 Å². The predicted molar refractivity (Wildman–Crippen MR) is 109 cm³/mol. The zero-order valence-electron chi connectivity index (χ0n) is 17.6. The standard InChI is InChI=1S/C22H35NO6/c1-18(10-6-7-16-22(26,27)28)11-9-12-19-14-15-20(24)23(19)17-8-4-3-5-13-21(25)29-2/h9,12,18-19,26-28H,3-5,8,10-11,13-17H2,1-2H3/b12-9+/t18-,19+/m1/s1. The highest BCUT2D eigenvalue weighted by Crippen LogP contribution is 2.21. The molecule has 2 atom stereocenters. The number of hydrogen-bond acceptors (Lipinski definition) is 6. The molecular weight excluding hydrogens is 374 g/mol. The molecule has 7 nitrogen and oxygen atoms in total. The highest BCUT2D eigenvalue weighted by molar-refractivity contribution is 5.79. The number of rotatable bonds is 12. The van der Waals surface area contributed by atoms with Crippen molar-refractivity contribution in [2.75, 3.05) is 13.7 Å². The van der Waals surface area contributed by atoms with Gasteiger partial charge in [-0.3, -0.25) is 9.59 Å². The van der Waals surface area contributed by atoms with Crippen molar-refractivity contribution in [2.24, 2.45) is 5.92 Å². The summed E-state index contributed by atoms with van der Waals surface area (Å²) in [7, 11) is 1.40. The molecule has 1 aliphatic heterocycles. The van der Waals surface area contributed by atoms with Gasteiger partial charge in [0.05, 0.1) is 19.6 Å². The Labute approximate surface area is 173 Å². The summed E-state index contributed by atoms with van der Waals surface area (Å²) in [5, 5.41) is 26.3. The van der Waals surface area contributed by atoms with Crippen LogP contribution in [-0.2, 0) is 14.3 Å². The zero-order valence-corrected chi connectivity index (χ0v) is 17.6. The Hall–Kier alpha value is -1.88. The molecular formula is C22H35NO6. The van der Waals surface area contributed by atoms with Gasteiger partial charge in [0.25, 0.3) is 5.97 Å². The predicted octanol–water partition coefficient (Wildman–Crippen LogP) is 2.10. The number of hydrogen-bond donors (Lipinski definition) is 3. The van der Waals surface area contributed by atoms with Gasteiger partial charge in [0.1, 0.15) is 0 Å². The number of carbonyl (C=O) groups is 2. The Morgan fingerprint density at radius 1 is 1.28 bits per heavy atom. The maximum absolute atomic E-state index is 12.1. The maximum Gasteiger partial charge on any atom is 0.305 e. The lowest BCUT2D eigenvalue weighted by Gasteiger charge is -2.22. The van der Waals surface area contributed by atoms with Crippen LogP contribution in [0.4, 0.5) is 0 Å². The van der Waals surface area contributed by atoms with Crippen LogP contribution in [-0.4, -0.2) is 57.8 Å². The molecule has 1 rings (SSSR count). The number of amides is 1. The number of unbranched alkanes of at least 4 members (excludes halogenated alkanes) is 3. The van der Waals surface area contributed by atoms with Crippen LogP contribution in [0.5, 0.6) is 0 Å². The minimum Gasteiger partial charge on any atom is -0.469 e. The first-order valence-corrected chi connectivity index (χ1v) is 10.4. The molecule has 0 aromatic heterocycles. The third kappa shape index (κ3) is 11.6. The van der Waals surface area contributed by atoms with E-state index in [0.29, 0.717) is 25.2 Å². The van der Waals surface area contributed by atoms with Gasteiger partial charge in [0.2, 0.25) is 5.91 Å². The first kappa shape index (κ1) is 25.2. The topological polar surface area (TPSA) is 107 Å². The van der Waals surface area contributed by atoms with Crippen molar-refractivity contribution in [2.45, 2.75) is 83.1 Å². The lowest BCUT2D eigenvalue weighted by Crippen LogP contribution is -2.32. The van der Waals surface area contributed by atoms with Gasteiger partial charge < -0.3 is 25.0 Å². The van der Waals surface area contributed by atoms with E-state index in [1.807, 2.05) is 4.90 Å². The van der Waals surface area contributed by atoms with Crippen LogP contribution in [0.15, 0.2) is 12.2 Å². The van der Waals surface area contributed by atoms with E-state index >= 15 is 0 Å². The highest BCUT2D eigenvalue weighted by atomic mass is 16.7. The third-order valence-electron chi connectivity index (χ3n) is 4.93. The van der Waals surface area contributed by atoms with Gasteiger partial charge >= 0.3 is 5.97 Å². The molecule has 0 unspecified atom stereocenters. The Morgan fingerprint density at radius 3 is 2.69 bits per heavy atom. The van der Waals surface area contributed by atoms with Crippen molar-refractivity contribution in [3.8, 4) is 11.8 Å². The molecule has 1 amide bonds. The molecule has 1 heterocycles. The first-order chi connectivity index (χ1) is 13.7. The number of esters is 1. The first-order valence-electron chi connectivity index (χ1n) is 10.4. The van der Waals surface area contributed by atoms with Crippen LogP contribution in [0.25, 0.3) is 0 Å². The fourth-order valence-corrected chi connectivity index (χ4v) is 3.23. The summed E-state index contributed by atoms with van der Waals surface area (Å²) in [6.07, 6.45) is 10.8. The van der Waals surface area contributed by atoms with E-state index in [9.17, 15) is 9.59 Å². The maximum atomic E-state index is 12.1. The quantitative estimate of drug-likeness (QED) is 0.150. The molecule has 0 spiro atoms. The summed E-state index contributed by atoms with van der Waals surface area (Å²) in [5.41, 5.74) is 0. The summed E-state index contributed by atoms with van der Waals surface area (Å²) >= 11 is 0. The summed E-state index contributed by atoms with van der Waals surface area (Å²) in [5.74, 6) is 2.98. The average Bonchev–Trinajstić information content (AvgIpc) is 3.00. The van der Waals surface area contributed by atoms with E-state index in [2.05, 4.69) is 35.7 Å². The minimum absolute atomic E-state index is 0.148. The second kappa shape index (κ2) is 13.4. The summed E-state index contributed by atoms with van der Waals surface area (Å²) in [6, 6.07) is 0.148. The second-order valence-electron chi connectivity index (χ2n) is 7.71. The molecule has 0 aromatic carbocycles. The molecule has 0 bridgehead atoms. The lowest BCUT2D eigenvalue weighted by atomic mass is 10.0. The molecule has 7 heteroatoms. The van der Waals surface area contributed by atoms with Gasteiger partial charge in [-0.15, -0.1) is 5.92 Å². The molecule has 0 aliphatic carbocycles. The van der Waals surface area contributed by atoms with E-state index in [-0.39, 0.29) is 17.9 Å². The third-order valence-corrected chi connectivity index (χ3v) is 4.93. The van der Waals surface area contributed by atoms with Crippen LogP contribution < -0.4 is 0 Å². The number of carbonyl (C=O) groups excluding carboxylic acids is 2. The molecule has 0 saturated carbocycles. The molecule has 1 aliphatic rings. The lowest BCUT2D eigenvalue weighted by molar-refractivity contribution is -0.306. The molecule has 164 valence electrons. The van der Waals surface area contributed by atoms with Crippen LogP contribution in [0.2, 0.25) is 0 Å². The number of methoxy groups -OCH3 is 1. The fourth-order valence-electron chi connectivity index (χ4n) is 3.23. The van der Waals surface area contributed by atoms with E-state index in [0.717, 1.165) is 45.1 Å². The molecule has 1 fully saturated rings. The van der Waals surface area contributed by atoms with E-state index in [1.54, 1.807) is 0 Å². The molecule has 29 heavy (non-hydrogen) atoms. The normalized spacial score (nSPS) is 18.0. The number of ether oxygens (including phenoxy) is 1. The van der Waals surface area contributed by atoms with Gasteiger partial charge in [-0.05, 0) is 31.6 Å². The highest BCUT2D eigenvalue weighted by Gasteiger charge is 2.28. The SMILES string of the molecule is COC(=O)CCCCCCN1C(=O)CC[C@@H]1/C=C/C[C@H](C)CC#CCC(O)(O)O. The van der Waals surface area contributed by atoms with Crippen LogP contribution >= 0.6 is 0 Å². The van der Waals surface area contributed by atoms with E-state index in [1.165, 1.54) is 7.11 Å². The van der Waals surface area contributed by atoms with Crippen LogP contribution in [0.1, 0.15) is 71.1 Å². The Bertz CT molecular complexity index is 599. The Morgan fingerprint density at radius 2 is 2.00 bits per heavy atom. The summed E-state index contributed by atoms with van der Waals surface area (Å²) < 4.78 is 4.62. The molecule has 3 N–H and O–H groups in total. The van der Waals surface area contributed by atoms with Crippen molar-refractivity contribution < 1.29 is 29.6 Å². The number of allylic oxidation sites excluding steroid dienone is 1.